The first kappa shape index (κ1) is 23.0. The van der Waals surface area contributed by atoms with Gasteiger partial charge in [-0.25, -0.2) is 0 Å². The van der Waals surface area contributed by atoms with E-state index in [0.717, 1.165) is 27.5 Å². The highest BCUT2D eigenvalue weighted by atomic mass is 32.2. The molecule has 0 bridgehead atoms. The second-order valence-corrected chi connectivity index (χ2v) is 8.75. The summed E-state index contributed by atoms with van der Waals surface area (Å²) >= 11 is 2.98. The lowest BCUT2D eigenvalue weighted by Crippen LogP contribution is -2.15. The molecule has 2 aromatic carbocycles. The van der Waals surface area contributed by atoms with Gasteiger partial charge in [0.1, 0.15) is 12.4 Å². The molecule has 0 atom stereocenters. The van der Waals surface area contributed by atoms with E-state index in [0.29, 0.717) is 24.1 Å². The summed E-state index contributed by atoms with van der Waals surface area (Å²) in [5.74, 6) is 1.66. The van der Waals surface area contributed by atoms with E-state index in [2.05, 4.69) is 28.2 Å². The maximum atomic E-state index is 12.4. The monoisotopic (exact) mass is 454 g/mol. The van der Waals surface area contributed by atoms with E-state index in [4.69, 9.17) is 4.74 Å². The van der Waals surface area contributed by atoms with Gasteiger partial charge in [-0.1, -0.05) is 36.0 Å². The summed E-state index contributed by atoms with van der Waals surface area (Å²) in [5, 5.41) is 12.1. The number of ether oxygens (including phenoxy) is 1. The summed E-state index contributed by atoms with van der Waals surface area (Å²) in [6.45, 7) is 8.70. The highest BCUT2D eigenvalue weighted by Gasteiger charge is 2.15. The minimum Gasteiger partial charge on any atom is -0.485 e. The van der Waals surface area contributed by atoms with Crippen molar-refractivity contribution in [1.82, 2.24) is 14.8 Å². The Hall–Kier alpha value is -2.71. The predicted octanol–water partition coefficient (Wildman–Crippen LogP) is 5.11. The molecule has 1 N–H and O–H groups in total. The number of anilines is 1. The number of hydrogen-bond acceptors (Lipinski definition) is 6. The predicted molar refractivity (Wildman–Crippen MR) is 128 cm³/mol. The van der Waals surface area contributed by atoms with Gasteiger partial charge >= 0.3 is 0 Å². The molecule has 8 heteroatoms. The molecular formula is C23H26N4O2S2. The lowest BCUT2D eigenvalue weighted by Gasteiger charge is -2.11. The average Bonchev–Trinajstić information content (AvgIpc) is 3.15. The van der Waals surface area contributed by atoms with Crippen LogP contribution in [0.4, 0.5) is 5.69 Å². The molecule has 1 aromatic heterocycles. The number of carbonyl (C=O) groups is 1. The summed E-state index contributed by atoms with van der Waals surface area (Å²) in [5.41, 5.74) is 2.99. The summed E-state index contributed by atoms with van der Waals surface area (Å²) in [7, 11) is 0. The third-order valence-electron chi connectivity index (χ3n) is 4.49. The maximum Gasteiger partial charge on any atom is 0.234 e. The number of carbonyl (C=O) groups excluding carboxylic acids is 1. The number of nitrogens with zero attached hydrogens (tertiary/aromatic N) is 3. The Bertz CT molecular complexity index is 1070. The SMILES string of the molecule is C=CCn1c(COc2cc(C)ccc2C)nnc1SCC(=O)Nc1cccc(SC)c1. The first-order valence-electron chi connectivity index (χ1n) is 9.80. The molecule has 31 heavy (non-hydrogen) atoms. The number of thioether (sulfide) groups is 2. The minimum atomic E-state index is -0.0930. The average molecular weight is 455 g/mol. The summed E-state index contributed by atoms with van der Waals surface area (Å²) in [6, 6.07) is 13.9. The van der Waals surface area contributed by atoms with Crippen molar-refractivity contribution >= 4 is 35.1 Å². The van der Waals surface area contributed by atoms with E-state index < -0.39 is 0 Å². The summed E-state index contributed by atoms with van der Waals surface area (Å²) < 4.78 is 7.90. The third-order valence-corrected chi connectivity index (χ3v) is 6.18. The molecule has 3 rings (SSSR count). The molecule has 0 spiro atoms. The molecule has 0 fully saturated rings. The Balaban J connectivity index is 1.63. The molecule has 3 aromatic rings. The molecule has 1 heterocycles. The van der Waals surface area contributed by atoms with Gasteiger partial charge in [-0.15, -0.1) is 28.5 Å². The highest BCUT2D eigenvalue weighted by molar-refractivity contribution is 7.99. The fraction of sp³-hybridized carbons (Fsp3) is 0.261. The van der Waals surface area contributed by atoms with Gasteiger partial charge in [-0.3, -0.25) is 9.36 Å². The lowest BCUT2D eigenvalue weighted by atomic mass is 10.1. The van der Waals surface area contributed by atoms with Gasteiger partial charge in [0.25, 0.3) is 0 Å². The molecule has 162 valence electrons. The zero-order valence-electron chi connectivity index (χ0n) is 17.9. The summed E-state index contributed by atoms with van der Waals surface area (Å²) in [6.07, 6.45) is 3.79. The number of rotatable bonds is 10. The van der Waals surface area contributed by atoms with Gasteiger partial charge in [-0.05, 0) is 55.5 Å². The molecule has 1 amide bonds. The minimum absolute atomic E-state index is 0.0930. The zero-order chi connectivity index (χ0) is 22.2. The standard InChI is InChI=1S/C23H26N4O2S2/c1-5-11-27-21(14-29-20-12-16(2)9-10-17(20)3)25-26-23(27)31-15-22(28)24-18-7-6-8-19(13-18)30-4/h5-10,12-13H,1,11,14-15H2,2-4H3,(H,24,28). The number of aryl methyl sites for hydroxylation is 2. The molecule has 0 saturated heterocycles. The van der Waals surface area contributed by atoms with E-state index in [-0.39, 0.29) is 11.7 Å². The van der Waals surface area contributed by atoms with Crippen molar-refractivity contribution in [2.75, 3.05) is 17.3 Å². The number of amides is 1. The Morgan fingerprint density at radius 1 is 1.23 bits per heavy atom. The molecule has 0 radical (unpaired) electrons. The van der Waals surface area contributed by atoms with Crippen molar-refractivity contribution in [2.45, 2.75) is 37.1 Å². The van der Waals surface area contributed by atoms with Crippen molar-refractivity contribution < 1.29 is 9.53 Å². The largest absolute Gasteiger partial charge is 0.485 e. The summed E-state index contributed by atoms with van der Waals surface area (Å²) in [4.78, 5) is 13.5. The van der Waals surface area contributed by atoms with E-state index in [1.54, 1.807) is 17.8 Å². The topological polar surface area (TPSA) is 69.0 Å². The Morgan fingerprint density at radius 2 is 2.06 bits per heavy atom. The molecular weight excluding hydrogens is 428 g/mol. The van der Waals surface area contributed by atoms with Crippen LogP contribution in [-0.2, 0) is 17.9 Å². The van der Waals surface area contributed by atoms with Crippen molar-refractivity contribution in [3.05, 3.63) is 72.1 Å². The van der Waals surface area contributed by atoms with Crippen LogP contribution in [0.25, 0.3) is 0 Å². The number of aromatic nitrogens is 3. The number of allylic oxidation sites excluding steroid dienone is 1. The molecule has 0 aliphatic carbocycles. The van der Waals surface area contributed by atoms with Crippen LogP contribution in [-0.4, -0.2) is 32.7 Å². The molecule has 0 saturated carbocycles. The fourth-order valence-electron chi connectivity index (χ4n) is 2.88. The van der Waals surface area contributed by atoms with E-state index in [1.807, 2.05) is 61.1 Å². The van der Waals surface area contributed by atoms with Crippen LogP contribution in [0.15, 0.2) is 65.2 Å². The van der Waals surface area contributed by atoms with E-state index in [9.17, 15) is 4.79 Å². The van der Waals surface area contributed by atoms with Crippen LogP contribution in [0, 0.1) is 13.8 Å². The van der Waals surface area contributed by atoms with Gasteiger partial charge < -0.3 is 10.1 Å². The van der Waals surface area contributed by atoms with Crippen molar-refractivity contribution in [3.8, 4) is 5.75 Å². The van der Waals surface area contributed by atoms with Gasteiger partial charge in [0.2, 0.25) is 5.91 Å². The Morgan fingerprint density at radius 3 is 2.84 bits per heavy atom. The van der Waals surface area contributed by atoms with Crippen molar-refractivity contribution in [2.24, 2.45) is 0 Å². The van der Waals surface area contributed by atoms with Crippen molar-refractivity contribution in [1.29, 1.82) is 0 Å². The van der Waals surface area contributed by atoms with Gasteiger partial charge in [0.05, 0.1) is 5.75 Å². The third kappa shape index (κ3) is 6.38. The first-order chi connectivity index (χ1) is 15.0. The molecule has 0 unspecified atom stereocenters. The quantitative estimate of drug-likeness (QED) is 0.339. The second-order valence-electron chi connectivity index (χ2n) is 6.92. The van der Waals surface area contributed by atoms with Crippen LogP contribution in [0.3, 0.4) is 0 Å². The van der Waals surface area contributed by atoms with Gasteiger partial charge in [0.15, 0.2) is 11.0 Å². The fourth-order valence-corrected chi connectivity index (χ4v) is 4.10. The normalized spacial score (nSPS) is 10.7. The first-order valence-corrected chi connectivity index (χ1v) is 12.0. The van der Waals surface area contributed by atoms with Crippen LogP contribution < -0.4 is 10.1 Å². The van der Waals surface area contributed by atoms with E-state index >= 15 is 0 Å². The molecule has 0 aliphatic heterocycles. The number of hydrogen-bond donors (Lipinski definition) is 1. The van der Waals surface area contributed by atoms with Crippen LogP contribution in [0.5, 0.6) is 5.75 Å². The van der Waals surface area contributed by atoms with Crippen molar-refractivity contribution in [3.63, 3.8) is 0 Å². The number of nitrogens with one attached hydrogen (secondary N) is 1. The van der Waals surface area contributed by atoms with Crippen LogP contribution in [0.1, 0.15) is 17.0 Å². The van der Waals surface area contributed by atoms with Gasteiger partial charge in [-0.2, -0.15) is 0 Å². The second kappa shape index (κ2) is 11.1. The van der Waals surface area contributed by atoms with Gasteiger partial charge in [0, 0.05) is 17.1 Å². The zero-order valence-corrected chi connectivity index (χ0v) is 19.6. The van der Waals surface area contributed by atoms with Crippen LogP contribution >= 0.6 is 23.5 Å². The highest BCUT2D eigenvalue weighted by Crippen LogP contribution is 2.23. The molecule has 0 aliphatic rings. The maximum absolute atomic E-state index is 12.4. The molecule has 6 nitrogen and oxygen atoms in total. The lowest BCUT2D eigenvalue weighted by molar-refractivity contribution is -0.113. The Labute approximate surface area is 191 Å². The van der Waals surface area contributed by atoms with Crippen LogP contribution in [0.2, 0.25) is 0 Å². The number of benzene rings is 2. The smallest absolute Gasteiger partial charge is 0.234 e. The Kier molecular flexibility index (Phi) is 8.20. The van der Waals surface area contributed by atoms with E-state index in [1.165, 1.54) is 11.8 Å².